The molecule has 1 aromatic heterocycles. The van der Waals surface area contributed by atoms with Gasteiger partial charge in [-0.05, 0) is 30.7 Å². The first-order valence-corrected chi connectivity index (χ1v) is 5.84. The summed E-state index contributed by atoms with van der Waals surface area (Å²) in [5, 5.41) is 4.64. The fourth-order valence-electron chi connectivity index (χ4n) is 1.28. The summed E-state index contributed by atoms with van der Waals surface area (Å²) in [6.07, 6.45) is 6.61. The van der Waals surface area contributed by atoms with Crippen LogP contribution in [0, 0.1) is 0 Å². The molecular formula is C10H14N2S. The molecule has 1 N–H and O–H groups in total. The summed E-state index contributed by atoms with van der Waals surface area (Å²) in [6.45, 7) is 0.967. The molecule has 0 aliphatic heterocycles. The van der Waals surface area contributed by atoms with Crippen LogP contribution < -0.4 is 5.32 Å². The van der Waals surface area contributed by atoms with Gasteiger partial charge >= 0.3 is 0 Å². The molecule has 1 aliphatic rings. The number of nitrogens with zero attached hydrogens (tertiary/aromatic N) is 1. The third kappa shape index (κ3) is 2.45. The van der Waals surface area contributed by atoms with Gasteiger partial charge in [0.25, 0.3) is 0 Å². The van der Waals surface area contributed by atoms with Crippen LogP contribution in [0.25, 0.3) is 0 Å². The van der Waals surface area contributed by atoms with Crippen molar-refractivity contribution in [2.24, 2.45) is 0 Å². The first kappa shape index (κ1) is 9.03. The Morgan fingerprint density at radius 3 is 3.15 bits per heavy atom. The molecule has 2 rings (SSSR count). The number of nitrogens with one attached hydrogen (secondary N) is 1. The molecule has 1 aliphatic carbocycles. The lowest BCUT2D eigenvalue weighted by Crippen LogP contribution is -2.15. The molecule has 1 saturated carbocycles. The predicted molar refractivity (Wildman–Crippen MR) is 55.9 cm³/mol. The van der Waals surface area contributed by atoms with E-state index in [0.29, 0.717) is 0 Å². The lowest BCUT2D eigenvalue weighted by molar-refractivity contribution is 0.675. The topological polar surface area (TPSA) is 24.9 Å². The summed E-state index contributed by atoms with van der Waals surface area (Å²) in [5.74, 6) is 0. The zero-order chi connectivity index (χ0) is 9.10. The van der Waals surface area contributed by atoms with Gasteiger partial charge in [-0.1, -0.05) is 6.07 Å². The zero-order valence-corrected chi connectivity index (χ0v) is 8.60. The van der Waals surface area contributed by atoms with Crippen molar-refractivity contribution in [2.75, 3.05) is 6.26 Å². The van der Waals surface area contributed by atoms with E-state index in [1.165, 1.54) is 18.4 Å². The van der Waals surface area contributed by atoms with Crippen LogP contribution in [0.1, 0.15) is 18.4 Å². The van der Waals surface area contributed by atoms with Crippen LogP contribution in [-0.4, -0.2) is 17.3 Å². The van der Waals surface area contributed by atoms with E-state index in [1.54, 1.807) is 11.8 Å². The van der Waals surface area contributed by atoms with E-state index in [0.717, 1.165) is 17.6 Å². The Morgan fingerprint density at radius 1 is 1.62 bits per heavy atom. The SMILES string of the molecule is CSc1ncccc1CNC1CC1. The largest absolute Gasteiger partial charge is 0.310 e. The quantitative estimate of drug-likeness (QED) is 0.743. The number of rotatable bonds is 4. The van der Waals surface area contributed by atoms with Gasteiger partial charge in [0.05, 0.1) is 0 Å². The predicted octanol–water partition coefficient (Wildman–Crippen LogP) is 2.06. The molecule has 0 bridgehead atoms. The van der Waals surface area contributed by atoms with E-state index in [4.69, 9.17) is 0 Å². The van der Waals surface area contributed by atoms with Gasteiger partial charge in [-0.25, -0.2) is 4.98 Å². The second-order valence-corrected chi connectivity index (χ2v) is 4.12. The summed E-state index contributed by atoms with van der Waals surface area (Å²) in [6, 6.07) is 4.92. The van der Waals surface area contributed by atoms with Crippen molar-refractivity contribution in [3.05, 3.63) is 23.9 Å². The van der Waals surface area contributed by atoms with Crippen molar-refractivity contribution >= 4 is 11.8 Å². The Hall–Kier alpha value is -0.540. The minimum absolute atomic E-state index is 0.773. The molecule has 0 radical (unpaired) electrons. The van der Waals surface area contributed by atoms with Crippen molar-refractivity contribution in [1.82, 2.24) is 10.3 Å². The van der Waals surface area contributed by atoms with Crippen molar-refractivity contribution < 1.29 is 0 Å². The Balaban J connectivity index is 1.99. The maximum absolute atomic E-state index is 4.32. The summed E-state index contributed by atoms with van der Waals surface area (Å²) in [7, 11) is 0. The smallest absolute Gasteiger partial charge is 0.100 e. The van der Waals surface area contributed by atoms with E-state index < -0.39 is 0 Å². The van der Waals surface area contributed by atoms with Crippen LogP contribution >= 0.6 is 11.8 Å². The minimum Gasteiger partial charge on any atom is -0.310 e. The highest BCUT2D eigenvalue weighted by atomic mass is 32.2. The van der Waals surface area contributed by atoms with Crippen molar-refractivity contribution in [1.29, 1.82) is 0 Å². The standard InChI is InChI=1S/C10H14N2S/c1-13-10-8(3-2-6-11-10)7-12-9-4-5-9/h2-3,6,9,12H,4-5,7H2,1H3. The van der Waals surface area contributed by atoms with Crippen LogP contribution in [-0.2, 0) is 6.54 Å². The minimum atomic E-state index is 0.773. The maximum Gasteiger partial charge on any atom is 0.100 e. The van der Waals surface area contributed by atoms with Gasteiger partial charge in [-0.15, -0.1) is 11.8 Å². The Kier molecular flexibility index (Phi) is 2.86. The summed E-state index contributed by atoms with van der Waals surface area (Å²) in [4.78, 5) is 4.32. The highest BCUT2D eigenvalue weighted by Gasteiger charge is 2.20. The van der Waals surface area contributed by atoms with Gasteiger partial charge in [0, 0.05) is 18.8 Å². The van der Waals surface area contributed by atoms with Crippen molar-refractivity contribution in [2.45, 2.75) is 30.5 Å². The zero-order valence-electron chi connectivity index (χ0n) is 7.79. The van der Waals surface area contributed by atoms with E-state index in [-0.39, 0.29) is 0 Å². The molecule has 1 aromatic rings. The second kappa shape index (κ2) is 4.11. The molecule has 0 aromatic carbocycles. The van der Waals surface area contributed by atoms with Gasteiger partial charge in [-0.2, -0.15) is 0 Å². The van der Waals surface area contributed by atoms with Crippen LogP contribution in [0.3, 0.4) is 0 Å². The fraction of sp³-hybridized carbons (Fsp3) is 0.500. The molecule has 70 valence electrons. The third-order valence-corrected chi connectivity index (χ3v) is 2.96. The molecule has 0 spiro atoms. The maximum atomic E-state index is 4.32. The molecule has 3 heteroatoms. The van der Waals surface area contributed by atoms with Crippen LogP contribution in [0.15, 0.2) is 23.4 Å². The third-order valence-electron chi connectivity index (χ3n) is 2.20. The Bertz CT molecular complexity index is 284. The van der Waals surface area contributed by atoms with Crippen LogP contribution in [0.5, 0.6) is 0 Å². The van der Waals surface area contributed by atoms with Gasteiger partial charge in [0.1, 0.15) is 5.03 Å². The Morgan fingerprint density at radius 2 is 2.46 bits per heavy atom. The number of hydrogen-bond donors (Lipinski definition) is 1. The van der Waals surface area contributed by atoms with Crippen LogP contribution in [0.2, 0.25) is 0 Å². The molecule has 2 nitrogen and oxygen atoms in total. The normalized spacial score (nSPS) is 16.1. The average Bonchev–Trinajstić information content (AvgIpc) is 2.99. The highest BCUT2D eigenvalue weighted by molar-refractivity contribution is 7.98. The first-order valence-electron chi connectivity index (χ1n) is 4.61. The van der Waals surface area contributed by atoms with Gasteiger partial charge in [0.15, 0.2) is 0 Å². The van der Waals surface area contributed by atoms with E-state index in [1.807, 2.05) is 12.3 Å². The number of pyridine rings is 1. The molecule has 13 heavy (non-hydrogen) atoms. The molecule has 1 fully saturated rings. The number of hydrogen-bond acceptors (Lipinski definition) is 3. The van der Waals surface area contributed by atoms with E-state index in [2.05, 4.69) is 22.6 Å². The molecule has 0 unspecified atom stereocenters. The lowest BCUT2D eigenvalue weighted by Gasteiger charge is -2.06. The molecule has 0 amide bonds. The van der Waals surface area contributed by atoms with Gasteiger partial charge in [0.2, 0.25) is 0 Å². The van der Waals surface area contributed by atoms with E-state index in [9.17, 15) is 0 Å². The van der Waals surface area contributed by atoms with Crippen molar-refractivity contribution in [3.8, 4) is 0 Å². The number of thioether (sulfide) groups is 1. The molecule has 0 saturated heterocycles. The summed E-state index contributed by atoms with van der Waals surface area (Å²) in [5.41, 5.74) is 1.32. The first-order chi connectivity index (χ1) is 6.40. The summed E-state index contributed by atoms with van der Waals surface area (Å²) >= 11 is 1.72. The molecule has 1 heterocycles. The fourth-order valence-corrected chi connectivity index (χ4v) is 1.85. The molecular weight excluding hydrogens is 180 g/mol. The van der Waals surface area contributed by atoms with Gasteiger partial charge < -0.3 is 5.32 Å². The Labute approximate surface area is 83.1 Å². The highest BCUT2D eigenvalue weighted by Crippen LogP contribution is 2.21. The second-order valence-electron chi connectivity index (χ2n) is 3.33. The van der Waals surface area contributed by atoms with Gasteiger partial charge in [-0.3, -0.25) is 0 Å². The number of aromatic nitrogens is 1. The average molecular weight is 194 g/mol. The lowest BCUT2D eigenvalue weighted by atomic mass is 10.3. The van der Waals surface area contributed by atoms with E-state index >= 15 is 0 Å². The summed E-state index contributed by atoms with van der Waals surface area (Å²) < 4.78 is 0. The van der Waals surface area contributed by atoms with Crippen molar-refractivity contribution in [3.63, 3.8) is 0 Å². The molecule has 0 atom stereocenters. The monoisotopic (exact) mass is 194 g/mol. The van der Waals surface area contributed by atoms with Crippen LogP contribution in [0.4, 0.5) is 0 Å².